The van der Waals surface area contributed by atoms with Crippen LogP contribution < -0.4 is 10.5 Å². The molecule has 0 spiro atoms. The van der Waals surface area contributed by atoms with Gasteiger partial charge in [0.25, 0.3) is 0 Å². The van der Waals surface area contributed by atoms with Crippen molar-refractivity contribution in [2.24, 2.45) is 11.7 Å². The maximum absolute atomic E-state index is 12.4. The van der Waals surface area contributed by atoms with Crippen LogP contribution in [0.2, 0.25) is 0 Å². The molecule has 122 valence electrons. The zero-order valence-electron chi connectivity index (χ0n) is 13.0. The van der Waals surface area contributed by atoms with Crippen LogP contribution in [0.15, 0.2) is 24.3 Å². The van der Waals surface area contributed by atoms with Crippen LogP contribution in [0.5, 0.6) is 5.75 Å². The predicted octanol–water partition coefficient (Wildman–Crippen LogP) is 1.89. The molecule has 1 heterocycles. The van der Waals surface area contributed by atoms with Crippen LogP contribution in [0.4, 0.5) is 0 Å². The van der Waals surface area contributed by atoms with Crippen molar-refractivity contribution < 1.29 is 14.3 Å². The van der Waals surface area contributed by atoms with Gasteiger partial charge in [-0.3, -0.25) is 9.59 Å². The van der Waals surface area contributed by atoms with Crippen molar-refractivity contribution in [3.8, 4) is 5.75 Å². The number of ketones is 1. The van der Waals surface area contributed by atoms with Crippen molar-refractivity contribution in [3.63, 3.8) is 0 Å². The Bertz CT molecular complexity index is 509. The smallest absolute Gasteiger partial charge is 0.239 e. The molecule has 22 heavy (non-hydrogen) atoms. The fraction of sp³-hybridized carbons (Fsp3) is 0.500. The van der Waals surface area contributed by atoms with Gasteiger partial charge in [0.15, 0.2) is 5.78 Å². The van der Waals surface area contributed by atoms with Gasteiger partial charge < -0.3 is 15.4 Å². The third-order valence-electron chi connectivity index (χ3n) is 3.94. The number of nitrogens with two attached hydrogens (primary N) is 1. The standard InChI is InChI=1S/C16H22N2O3.ClH/c1-11(17)16(20)18-9-7-13(8-10-18)15(19)12-3-5-14(21-2)6-4-12;/h3-6,11,13H,7-10,17H2,1-2H3;1H/t11-;/m1./s1. The van der Waals surface area contributed by atoms with Crippen LogP contribution in [-0.2, 0) is 4.79 Å². The zero-order valence-corrected chi connectivity index (χ0v) is 13.8. The molecule has 1 aromatic carbocycles. The molecule has 1 aliphatic rings. The van der Waals surface area contributed by atoms with Gasteiger partial charge in [0.05, 0.1) is 13.2 Å². The van der Waals surface area contributed by atoms with Crippen LogP contribution in [0, 0.1) is 5.92 Å². The van der Waals surface area contributed by atoms with Crippen molar-refractivity contribution >= 4 is 24.1 Å². The first-order valence-corrected chi connectivity index (χ1v) is 7.25. The predicted molar refractivity (Wildman–Crippen MR) is 87.5 cm³/mol. The number of amides is 1. The largest absolute Gasteiger partial charge is 0.497 e. The highest BCUT2D eigenvalue weighted by atomic mass is 35.5. The van der Waals surface area contributed by atoms with Crippen molar-refractivity contribution in [1.82, 2.24) is 4.90 Å². The van der Waals surface area contributed by atoms with Crippen LogP contribution in [0.25, 0.3) is 0 Å². The molecular weight excluding hydrogens is 304 g/mol. The number of methoxy groups -OCH3 is 1. The molecule has 2 rings (SSSR count). The van der Waals surface area contributed by atoms with E-state index in [4.69, 9.17) is 10.5 Å². The van der Waals surface area contributed by atoms with Gasteiger partial charge in [-0.05, 0) is 44.0 Å². The first kappa shape index (κ1) is 18.5. The van der Waals surface area contributed by atoms with E-state index in [1.54, 1.807) is 43.2 Å². The second-order valence-electron chi connectivity index (χ2n) is 5.48. The molecular formula is C16H23ClN2O3. The zero-order chi connectivity index (χ0) is 15.4. The summed E-state index contributed by atoms with van der Waals surface area (Å²) in [6.45, 7) is 2.90. The fourth-order valence-corrected chi connectivity index (χ4v) is 2.64. The Labute approximate surface area is 137 Å². The number of piperidine rings is 1. The van der Waals surface area contributed by atoms with Gasteiger partial charge >= 0.3 is 0 Å². The number of likely N-dealkylation sites (tertiary alicyclic amines) is 1. The topological polar surface area (TPSA) is 72.6 Å². The molecule has 1 aliphatic heterocycles. The summed E-state index contributed by atoms with van der Waals surface area (Å²) in [5.74, 6) is 0.829. The molecule has 0 radical (unpaired) electrons. The number of benzene rings is 1. The van der Waals surface area contributed by atoms with Crippen LogP contribution in [0.1, 0.15) is 30.1 Å². The number of carbonyl (C=O) groups is 2. The highest BCUT2D eigenvalue weighted by Gasteiger charge is 2.28. The van der Waals surface area contributed by atoms with E-state index < -0.39 is 6.04 Å². The van der Waals surface area contributed by atoms with Crippen molar-refractivity contribution in [1.29, 1.82) is 0 Å². The number of hydrogen-bond donors (Lipinski definition) is 1. The summed E-state index contributed by atoms with van der Waals surface area (Å²) < 4.78 is 5.09. The Balaban J connectivity index is 0.00000242. The third-order valence-corrected chi connectivity index (χ3v) is 3.94. The molecule has 1 amide bonds. The normalized spacial score (nSPS) is 16.6. The SMILES string of the molecule is COc1ccc(C(=O)C2CCN(C(=O)[C@@H](C)N)CC2)cc1.Cl. The summed E-state index contributed by atoms with van der Waals surface area (Å²) in [4.78, 5) is 26.0. The van der Waals surface area contributed by atoms with Gasteiger partial charge in [-0.25, -0.2) is 0 Å². The third kappa shape index (κ3) is 4.21. The first-order chi connectivity index (χ1) is 10.0. The van der Waals surface area contributed by atoms with E-state index in [1.165, 1.54) is 0 Å². The van der Waals surface area contributed by atoms with E-state index in [0.29, 0.717) is 31.5 Å². The van der Waals surface area contributed by atoms with E-state index >= 15 is 0 Å². The monoisotopic (exact) mass is 326 g/mol. The Kier molecular flexibility index (Phi) is 6.84. The lowest BCUT2D eigenvalue weighted by atomic mass is 9.88. The Hall–Kier alpha value is -1.59. The number of nitrogens with zero attached hydrogens (tertiary/aromatic N) is 1. The van der Waals surface area contributed by atoms with Gasteiger partial charge in [-0.15, -0.1) is 12.4 Å². The molecule has 0 bridgehead atoms. The van der Waals surface area contributed by atoms with Gasteiger partial charge in [0.2, 0.25) is 5.91 Å². The quantitative estimate of drug-likeness (QED) is 0.857. The highest BCUT2D eigenvalue weighted by molar-refractivity contribution is 5.98. The fourth-order valence-electron chi connectivity index (χ4n) is 2.64. The Morgan fingerprint density at radius 3 is 2.23 bits per heavy atom. The molecule has 5 nitrogen and oxygen atoms in total. The molecule has 1 aromatic rings. The molecule has 0 aliphatic carbocycles. The van der Waals surface area contributed by atoms with Gasteiger partial charge in [0.1, 0.15) is 5.75 Å². The van der Waals surface area contributed by atoms with Gasteiger partial charge in [-0.2, -0.15) is 0 Å². The maximum Gasteiger partial charge on any atom is 0.239 e. The van der Waals surface area contributed by atoms with Crippen LogP contribution in [-0.4, -0.2) is 42.8 Å². The summed E-state index contributed by atoms with van der Waals surface area (Å²) in [5.41, 5.74) is 6.31. The van der Waals surface area contributed by atoms with Crippen molar-refractivity contribution in [2.45, 2.75) is 25.8 Å². The summed E-state index contributed by atoms with van der Waals surface area (Å²) in [6.07, 6.45) is 1.40. The molecule has 6 heteroatoms. The van der Waals surface area contributed by atoms with E-state index in [2.05, 4.69) is 0 Å². The number of rotatable bonds is 4. The summed E-state index contributed by atoms with van der Waals surface area (Å²) in [5, 5.41) is 0. The van der Waals surface area contributed by atoms with E-state index in [-0.39, 0.29) is 30.0 Å². The van der Waals surface area contributed by atoms with Gasteiger partial charge in [0, 0.05) is 24.6 Å². The summed E-state index contributed by atoms with van der Waals surface area (Å²) in [7, 11) is 1.60. The van der Waals surface area contributed by atoms with E-state index in [9.17, 15) is 9.59 Å². The lowest BCUT2D eigenvalue weighted by Gasteiger charge is -2.32. The minimum atomic E-state index is -0.473. The highest BCUT2D eigenvalue weighted by Crippen LogP contribution is 2.23. The van der Waals surface area contributed by atoms with Crippen molar-refractivity contribution in [3.05, 3.63) is 29.8 Å². The number of hydrogen-bond acceptors (Lipinski definition) is 4. The molecule has 1 fully saturated rings. The minimum absolute atomic E-state index is 0. The summed E-state index contributed by atoms with van der Waals surface area (Å²) >= 11 is 0. The molecule has 0 saturated carbocycles. The van der Waals surface area contributed by atoms with E-state index in [1.807, 2.05) is 0 Å². The number of Topliss-reactive ketones (excluding diaryl/α,β-unsaturated/α-hetero) is 1. The molecule has 0 aromatic heterocycles. The molecule has 0 unspecified atom stereocenters. The lowest BCUT2D eigenvalue weighted by Crippen LogP contribution is -2.46. The number of halogens is 1. The molecule has 2 N–H and O–H groups in total. The van der Waals surface area contributed by atoms with Crippen LogP contribution in [0.3, 0.4) is 0 Å². The summed E-state index contributed by atoms with van der Waals surface area (Å²) in [6, 6.07) is 6.70. The Morgan fingerprint density at radius 2 is 1.77 bits per heavy atom. The van der Waals surface area contributed by atoms with E-state index in [0.717, 1.165) is 5.75 Å². The molecule has 1 atom stereocenters. The number of carbonyl (C=O) groups excluding carboxylic acids is 2. The second-order valence-corrected chi connectivity index (χ2v) is 5.48. The second kappa shape index (κ2) is 8.15. The molecule has 1 saturated heterocycles. The minimum Gasteiger partial charge on any atom is -0.497 e. The average Bonchev–Trinajstić information content (AvgIpc) is 2.53. The average molecular weight is 327 g/mol. The first-order valence-electron chi connectivity index (χ1n) is 7.25. The van der Waals surface area contributed by atoms with Crippen molar-refractivity contribution in [2.75, 3.05) is 20.2 Å². The van der Waals surface area contributed by atoms with Crippen LogP contribution >= 0.6 is 12.4 Å². The Morgan fingerprint density at radius 1 is 1.23 bits per heavy atom. The van der Waals surface area contributed by atoms with Gasteiger partial charge in [-0.1, -0.05) is 0 Å². The number of ether oxygens (including phenoxy) is 1. The maximum atomic E-state index is 12.4. The lowest BCUT2D eigenvalue weighted by molar-refractivity contribution is -0.133.